The van der Waals surface area contributed by atoms with Crippen LogP contribution in [0, 0.1) is 6.92 Å². The molecule has 35 heavy (non-hydrogen) atoms. The van der Waals surface area contributed by atoms with Crippen LogP contribution < -0.4 is 10.6 Å². The van der Waals surface area contributed by atoms with Crippen molar-refractivity contribution in [2.75, 3.05) is 10.6 Å². The maximum Gasteiger partial charge on any atom is 0.291 e. The third-order valence-corrected chi connectivity index (χ3v) is 7.84. The summed E-state index contributed by atoms with van der Waals surface area (Å²) < 4.78 is 5.37. The molecule has 5 rings (SSSR count). The number of furan rings is 1. The second-order valence-corrected chi connectivity index (χ2v) is 10.6. The number of thiophene rings is 1. The van der Waals surface area contributed by atoms with E-state index in [1.165, 1.54) is 28.7 Å². The Morgan fingerprint density at radius 3 is 2.54 bits per heavy atom. The zero-order valence-corrected chi connectivity index (χ0v) is 21.2. The first-order valence-corrected chi connectivity index (χ1v) is 13.1. The van der Waals surface area contributed by atoms with Gasteiger partial charge < -0.3 is 15.1 Å². The van der Waals surface area contributed by atoms with Crippen molar-refractivity contribution in [3.63, 3.8) is 0 Å². The van der Waals surface area contributed by atoms with E-state index in [1.54, 1.807) is 23.5 Å². The third-order valence-electron chi connectivity index (χ3n) is 6.62. The van der Waals surface area contributed by atoms with E-state index in [-0.39, 0.29) is 11.9 Å². The summed E-state index contributed by atoms with van der Waals surface area (Å²) in [7, 11) is 0. The zero-order chi connectivity index (χ0) is 24.4. The molecule has 1 aliphatic rings. The summed E-state index contributed by atoms with van der Waals surface area (Å²) >= 11 is 1.70. The van der Waals surface area contributed by atoms with Crippen LogP contribution in [0.15, 0.2) is 65.4 Å². The minimum atomic E-state index is -0.225. The normalized spacial score (nSPS) is 13.9. The summed E-state index contributed by atoms with van der Waals surface area (Å²) in [5, 5.41) is 7.76. The molecule has 0 saturated carbocycles. The maximum atomic E-state index is 13.0. The minimum Gasteiger partial charge on any atom is -0.459 e. The molecule has 0 radical (unpaired) electrons. The summed E-state index contributed by atoms with van der Waals surface area (Å²) in [6.45, 7) is 6.48. The van der Waals surface area contributed by atoms with Crippen molar-refractivity contribution in [2.45, 2.75) is 58.4 Å². The highest BCUT2D eigenvalue weighted by Gasteiger charge is 2.29. The van der Waals surface area contributed by atoms with Crippen molar-refractivity contribution in [3.8, 4) is 0 Å². The number of amides is 1. The first-order chi connectivity index (χ1) is 17.0. The molecule has 0 fully saturated rings. The minimum absolute atomic E-state index is 0.143. The maximum absolute atomic E-state index is 13.0. The highest BCUT2D eigenvalue weighted by molar-refractivity contribution is 7.16. The smallest absolute Gasteiger partial charge is 0.291 e. The van der Waals surface area contributed by atoms with Gasteiger partial charge in [0.2, 0.25) is 0 Å². The number of hydrogen-bond donors (Lipinski definition) is 2. The van der Waals surface area contributed by atoms with Gasteiger partial charge in [-0.25, -0.2) is 4.98 Å². The van der Waals surface area contributed by atoms with Crippen LogP contribution in [0.1, 0.15) is 81.9 Å². The Hall–Kier alpha value is -3.38. The van der Waals surface area contributed by atoms with Gasteiger partial charge in [0.05, 0.1) is 12.3 Å². The van der Waals surface area contributed by atoms with E-state index in [1.807, 2.05) is 12.3 Å². The van der Waals surface area contributed by atoms with E-state index >= 15 is 0 Å². The molecule has 1 unspecified atom stereocenters. The molecule has 4 aromatic rings. The van der Waals surface area contributed by atoms with Crippen LogP contribution in [0.25, 0.3) is 0 Å². The van der Waals surface area contributed by atoms with Gasteiger partial charge in [0.1, 0.15) is 10.8 Å². The Kier molecular flexibility index (Phi) is 6.73. The molecule has 0 saturated heterocycles. The standard InChI is InChI=1S/C29H31N3O2S/c1-18(2)20-10-12-21(13-11-20)27(31-25-17-19(3)14-15-30-25)26-22-7-4-5-9-24(22)35-29(26)32-28(33)23-8-6-16-34-23/h6,8,10-18,27H,4-5,7,9H2,1-3H3,(H,30,31)(H,32,33). The first kappa shape index (κ1) is 23.4. The fourth-order valence-corrected chi connectivity index (χ4v) is 6.04. The van der Waals surface area contributed by atoms with Crippen LogP contribution in [0.5, 0.6) is 0 Å². The van der Waals surface area contributed by atoms with Gasteiger partial charge in [-0.2, -0.15) is 0 Å². The molecular weight excluding hydrogens is 454 g/mol. The number of nitrogens with zero attached hydrogens (tertiary/aromatic N) is 1. The second-order valence-electron chi connectivity index (χ2n) is 9.50. The number of aromatic nitrogens is 1. The Morgan fingerprint density at radius 2 is 1.83 bits per heavy atom. The van der Waals surface area contributed by atoms with E-state index in [2.05, 4.69) is 66.7 Å². The van der Waals surface area contributed by atoms with Crippen molar-refractivity contribution in [1.82, 2.24) is 4.98 Å². The Labute approximate surface area is 210 Å². The quantitative estimate of drug-likeness (QED) is 0.284. The SMILES string of the molecule is Cc1ccnc(NC(c2ccc(C(C)C)cc2)c2c(NC(=O)c3ccco3)sc3c2CCCC3)c1. The number of aryl methyl sites for hydroxylation is 2. The number of rotatable bonds is 7. The van der Waals surface area contributed by atoms with Crippen LogP contribution in [-0.4, -0.2) is 10.9 Å². The predicted molar refractivity (Wildman–Crippen MR) is 143 cm³/mol. The highest BCUT2D eigenvalue weighted by atomic mass is 32.1. The van der Waals surface area contributed by atoms with Crippen LogP contribution in [0.3, 0.4) is 0 Å². The van der Waals surface area contributed by atoms with Crippen molar-refractivity contribution in [2.24, 2.45) is 0 Å². The molecule has 1 aromatic carbocycles. The zero-order valence-electron chi connectivity index (χ0n) is 20.4. The lowest BCUT2D eigenvalue weighted by Crippen LogP contribution is -2.19. The molecule has 1 aliphatic carbocycles. The molecule has 2 N–H and O–H groups in total. The molecule has 0 spiro atoms. The lowest BCUT2D eigenvalue weighted by Gasteiger charge is -2.24. The number of benzene rings is 1. The molecule has 3 aromatic heterocycles. The molecule has 1 amide bonds. The van der Waals surface area contributed by atoms with Gasteiger partial charge in [-0.1, -0.05) is 38.1 Å². The topological polar surface area (TPSA) is 67.2 Å². The molecule has 3 heterocycles. The van der Waals surface area contributed by atoms with Gasteiger partial charge >= 0.3 is 0 Å². The number of carbonyl (C=O) groups is 1. The van der Waals surface area contributed by atoms with Crippen LogP contribution >= 0.6 is 11.3 Å². The second kappa shape index (κ2) is 10.1. The monoisotopic (exact) mass is 485 g/mol. The number of fused-ring (bicyclic) bond motifs is 1. The molecule has 180 valence electrons. The molecule has 1 atom stereocenters. The Balaban J connectivity index is 1.61. The number of hydrogen-bond acceptors (Lipinski definition) is 5. The van der Waals surface area contributed by atoms with Gasteiger partial charge in [0, 0.05) is 16.6 Å². The van der Waals surface area contributed by atoms with Gasteiger partial charge in [0.25, 0.3) is 5.91 Å². The van der Waals surface area contributed by atoms with Gasteiger partial charge in [-0.05, 0) is 85.0 Å². The summed E-state index contributed by atoms with van der Waals surface area (Å²) in [4.78, 5) is 18.9. The third kappa shape index (κ3) is 5.03. The lowest BCUT2D eigenvalue weighted by atomic mass is 9.88. The molecule has 5 nitrogen and oxygen atoms in total. The van der Waals surface area contributed by atoms with Gasteiger partial charge in [-0.15, -0.1) is 11.3 Å². The van der Waals surface area contributed by atoms with E-state index in [9.17, 15) is 4.79 Å². The molecule has 0 bridgehead atoms. The van der Waals surface area contributed by atoms with Crippen LogP contribution in [-0.2, 0) is 12.8 Å². The van der Waals surface area contributed by atoms with Crippen LogP contribution in [0.2, 0.25) is 0 Å². The number of carbonyl (C=O) groups excluding carboxylic acids is 1. The fraction of sp³-hybridized carbons (Fsp3) is 0.310. The van der Waals surface area contributed by atoms with Gasteiger partial charge in [0.15, 0.2) is 5.76 Å². The molecular formula is C29H31N3O2S. The molecule has 6 heteroatoms. The van der Waals surface area contributed by atoms with Crippen LogP contribution in [0.4, 0.5) is 10.8 Å². The first-order valence-electron chi connectivity index (χ1n) is 12.3. The van der Waals surface area contributed by atoms with Crippen molar-refractivity contribution < 1.29 is 9.21 Å². The average molecular weight is 486 g/mol. The van der Waals surface area contributed by atoms with Crippen molar-refractivity contribution in [1.29, 1.82) is 0 Å². The Bertz CT molecular complexity index is 1310. The summed E-state index contributed by atoms with van der Waals surface area (Å²) in [5.41, 5.74) is 6.10. The summed E-state index contributed by atoms with van der Waals surface area (Å²) in [5.74, 6) is 1.37. The predicted octanol–water partition coefficient (Wildman–Crippen LogP) is 7.50. The van der Waals surface area contributed by atoms with E-state index in [0.29, 0.717) is 11.7 Å². The van der Waals surface area contributed by atoms with E-state index < -0.39 is 0 Å². The van der Waals surface area contributed by atoms with E-state index in [4.69, 9.17) is 4.42 Å². The lowest BCUT2D eigenvalue weighted by molar-refractivity contribution is 0.0997. The Morgan fingerprint density at radius 1 is 1.06 bits per heavy atom. The average Bonchev–Trinajstić information content (AvgIpc) is 3.51. The van der Waals surface area contributed by atoms with E-state index in [0.717, 1.165) is 46.8 Å². The largest absolute Gasteiger partial charge is 0.459 e. The summed E-state index contributed by atoms with van der Waals surface area (Å²) in [6.07, 6.45) is 7.76. The molecule has 0 aliphatic heterocycles. The van der Waals surface area contributed by atoms with Crippen molar-refractivity contribution in [3.05, 3.63) is 99.4 Å². The highest BCUT2D eigenvalue weighted by Crippen LogP contribution is 2.44. The van der Waals surface area contributed by atoms with Crippen molar-refractivity contribution >= 4 is 28.1 Å². The summed E-state index contributed by atoms with van der Waals surface area (Å²) in [6, 6.07) is 16.2. The van der Waals surface area contributed by atoms with Gasteiger partial charge in [-0.3, -0.25) is 4.79 Å². The number of nitrogens with one attached hydrogen (secondary N) is 2. The number of anilines is 2. The number of pyridine rings is 1. The fourth-order valence-electron chi connectivity index (χ4n) is 4.72.